The molecule has 0 aliphatic rings. The number of rotatable bonds is 7. The van der Waals surface area contributed by atoms with Gasteiger partial charge in [-0.15, -0.1) is 0 Å². The summed E-state index contributed by atoms with van der Waals surface area (Å²) in [5.74, 6) is -19.5. The van der Waals surface area contributed by atoms with Gasteiger partial charge in [0, 0.05) is 22.3 Å². The molecule has 0 bridgehead atoms. The topological polar surface area (TPSA) is 18.5 Å². The standard InChI is InChI=1S/C11H12F4O.C10H11F3O.C8H8Cl2.C8H5F5/c1-4-6-7(12)9(14)11(16-5(2)3)10(15)8(6)13;1-4-6-7(11)5(2)10(14-3)9(13)8(6)12;1-2-6-3-4-7(9)8(10)5-6;1-2-3-4(9)6(11)8(13)7(12)5(3)10/h5H,4H2,1-3H3;4H2,1-3H3;3-5H,2H2,1H3;2H2,1H3. The van der Waals surface area contributed by atoms with Gasteiger partial charge < -0.3 is 9.47 Å². The Morgan fingerprint density at radius 2 is 0.849 bits per heavy atom. The molecule has 4 aromatic carbocycles. The summed E-state index contributed by atoms with van der Waals surface area (Å²) in [4.78, 5) is 0. The maximum Gasteiger partial charge on any atom is 0.204 e. The second-order valence-corrected chi connectivity index (χ2v) is 11.8. The Morgan fingerprint density at radius 1 is 0.491 bits per heavy atom. The highest BCUT2D eigenvalue weighted by atomic mass is 35.5. The van der Waals surface area contributed by atoms with E-state index >= 15 is 0 Å². The van der Waals surface area contributed by atoms with E-state index in [4.69, 9.17) is 27.9 Å². The van der Waals surface area contributed by atoms with Gasteiger partial charge in [-0.25, -0.2) is 39.5 Å². The second kappa shape index (κ2) is 21.2. The van der Waals surface area contributed by atoms with E-state index in [1.165, 1.54) is 47.3 Å². The molecule has 0 unspecified atom stereocenters. The summed E-state index contributed by atoms with van der Waals surface area (Å²) in [7, 11) is 1.18. The van der Waals surface area contributed by atoms with Crippen LogP contribution in [-0.4, -0.2) is 13.2 Å². The van der Waals surface area contributed by atoms with Gasteiger partial charge in [0.2, 0.25) is 23.3 Å². The van der Waals surface area contributed by atoms with Crippen molar-refractivity contribution in [3.05, 3.63) is 126 Å². The summed E-state index contributed by atoms with van der Waals surface area (Å²) >= 11 is 11.5. The van der Waals surface area contributed by atoms with Gasteiger partial charge >= 0.3 is 0 Å². The highest BCUT2D eigenvalue weighted by Gasteiger charge is 2.27. The first-order valence-electron chi connectivity index (χ1n) is 15.8. The quantitative estimate of drug-likeness (QED) is 0.105. The van der Waals surface area contributed by atoms with Crippen LogP contribution < -0.4 is 9.47 Å². The fourth-order valence-electron chi connectivity index (χ4n) is 4.40. The zero-order valence-corrected chi connectivity index (χ0v) is 31.3. The molecule has 0 amide bonds. The average Bonchev–Trinajstić information content (AvgIpc) is 3.13. The Kier molecular flexibility index (Phi) is 18.9. The zero-order valence-electron chi connectivity index (χ0n) is 29.7. The van der Waals surface area contributed by atoms with Gasteiger partial charge in [0.05, 0.1) is 23.3 Å². The molecule has 0 aromatic heterocycles. The summed E-state index contributed by atoms with van der Waals surface area (Å²) in [6.45, 7) is 10.7. The van der Waals surface area contributed by atoms with Crippen LogP contribution in [0, 0.1) is 76.7 Å². The molecule has 294 valence electrons. The number of hydrogen-bond donors (Lipinski definition) is 0. The first kappa shape index (κ1) is 47.2. The fraction of sp³-hybridized carbons (Fsp3) is 0.351. The monoisotopic (exact) mass is 810 g/mol. The van der Waals surface area contributed by atoms with Crippen molar-refractivity contribution in [2.45, 2.75) is 80.3 Å². The maximum absolute atomic E-state index is 13.4. The van der Waals surface area contributed by atoms with E-state index in [9.17, 15) is 52.7 Å². The first-order valence-corrected chi connectivity index (χ1v) is 16.6. The molecule has 0 heterocycles. The number of ether oxygens (including phenoxy) is 2. The van der Waals surface area contributed by atoms with Gasteiger partial charge in [-0.2, -0.15) is 13.2 Å². The van der Waals surface area contributed by atoms with Gasteiger partial charge in [0.25, 0.3) is 0 Å². The lowest BCUT2D eigenvalue weighted by atomic mass is 10.1. The third-order valence-electron chi connectivity index (χ3n) is 7.22. The zero-order chi connectivity index (χ0) is 41.1. The first-order chi connectivity index (χ1) is 24.7. The van der Waals surface area contributed by atoms with E-state index in [0.717, 1.165) is 6.42 Å². The summed E-state index contributed by atoms with van der Waals surface area (Å²) in [5.41, 5.74) is -0.402. The van der Waals surface area contributed by atoms with E-state index in [1.54, 1.807) is 6.92 Å². The molecule has 0 fully saturated rings. The molecule has 0 saturated heterocycles. The normalized spacial score (nSPS) is 10.5. The minimum atomic E-state index is -2.12. The van der Waals surface area contributed by atoms with Gasteiger partial charge in [-0.1, -0.05) is 57.0 Å². The van der Waals surface area contributed by atoms with E-state index in [1.807, 2.05) is 18.2 Å². The summed E-state index contributed by atoms with van der Waals surface area (Å²) in [6.07, 6.45) is 0.158. The molecule has 16 heteroatoms. The summed E-state index contributed by atoms with van der Waals surface area (Å²) in [6, 6.07) is 5.70. The van der Waals surface area contributed by atoms with Gasteiger partial charge in [0.15, 0.2) is 52.2 Å². The van der Waals surface area contributed by atoms with Gasteiger partial charge in [-0.05, 0) is 64.2 Å². The SMILES string of the molecule is CCc1c(F)c(C)c(OC)c(F)c1F.CCc1c(F)c(F)c(F)c(F)c1F.CCc1c(F)c(F)c(OC(C)C)c(F)c1F.CCc1ccc(Cl)c(Cl)c1. The molecule has 0 atom stereocenters. The average molecular weight is 812 g/mol. The van der Waals surface area contributed by atoms with Crippen molar-refractivity contribution in [3.8, 4) is 11.5 Å². The van der Waals surface area contributed by atoms with Crippen molar-refractivity contribution in [1.29, 1.82) is 0 Å². The number of methoxy groups -OCH3 is 1. The van der Waals surface area contributed by atoms with E-state index in [2.05, 4.69) is 11.7 Å². The highest BCUT2D eigenvalue weighted by Crippen LogP contribution is 2.32. The van der Waals surface area contributed by atoms with Crippen molar-refractivity contribution in [3.63, 3.8) is 0 Å². The van der Waals surface area contributed by atoms with Crippen molar-refractivity contribution in [2.24, 2.45) is 0 Å². The van der Waals surface area contributed by atoms with Crippen LogP contribution in [0.4, 0.5) is 52.7 Å². The molecular formula is C37H36Cl2F12O2. The van der Waals surface area contributed by atoms with Crippen molar-refractivity contribution >= 4 is 23.2 Å². The van der Waals surface area contributed by atoms with Crippen molar-refractivity contribution in [2.75, 3.05) is 7.11 Å². The van der Waals surface area contributed by atoms with E-state index in [0.29, 0.717) is 10.0 Å². The van der Waals surface area contributed by atoms with Crippen LogP contribution in [0.25, 0.3) is 0 Å². The molecule has 0 N–H and O–H groups in total. The van der Waals surface area contributed by atoms with E-state index < -0.39 is 92.8 Å². The third kappa shape index (κ3) is 11.4. The van der Waals surface area contributed by atoms with Gasteiger partial charge in [0.1, 0.15) is 5.82 Å². The summed E-state index contributed by atoms with van der Waals surface area (Å²) in [5, 5.41) is 1.26. The Labute approximate surface area is 309 Å². The Bertz CT molecular complexity index is 1760. The predicted molar refractivity (Wildman–Crippen MR) is 180 cm³/mol. The Morgan fingerprint density at radius 3 is 1.19 bits per heavy atom. The molecule has 0 aliphatic carbocycles. The van der Waals surface area contributed by atoms with Crippen LogP contribution in [0.2, 0.25) is 10.0 Å². The van der Waals surface area contributed by atoms with Crippen LogP contribution >= 0.6 is 23.2 Å². The maximum atomic E-state index is 13.4. The second-order valence-electron chi connectivity index (χ2n) is 11.0. The molecule has 4 rings (SSSR count). The van der Waals surface area contributed by atoms with Crippen molar-refractivity contribution < 1.29 is 62.2 Å². The number of halogens is 14. The lowest BCUT2D eigenvalue weighted by Crippen LogP contribution is -2.12. The van der Waals surface area contributed by atoms with Crippen LogP contribution in [0.5, 0.6) is 11.5 Å². The largest absolute Gasteiger partial charge is 0.493 e. The smallest absolute Gasteiger partial charge is 0.204 e. The minimum absolute atomic E-state index is 0.00301. The summed E-state index contributed by atoms with van der Waals surface area (Å²) < 4.78 is 165. The van der Waals surface area contributed by atoms with Crippen LogP contribution in [0.15, 0.2) is 18.2 Å². The molecule has 0 spiro atoms. The fourth-order valence-corrected chi connectivity index (χ4v) is 4.72. The molecule has 2 nitrogen and oxygen atoms in total. The predicted octanol–water partition coefficient (Wildman–Crippen LogP) is 13.1. The lowest BCUT2D eigenvalue weighted by molar-refractivity contribution is 0.211. The molecule has 0 saturated carbocycles. The molecule has 4 aromatic rings. The molecular weight excluding hydrogens is 775 g/mol. The highest BCUT2D eigenvalue weighted by molar-refractivity contribution is 6.42. The van der Waals surface area contributed by atoms with Crippen LogP contribution in [0.1, 0.15) is 69.4 Å². The Hall–Kier alpha value is -3.78. The van der Waals surface area contributed by atoms with Crippen LogP contribution in [0.3, 0.4) is 0 Å². The third-order valence-corrected chi connectivity index (χ3v) is 7.96. The molecule has 0 radical (unpaired) electrons. The number of hydrogen-bond acceptors (Lipinski definition) is 2. The van der Waals surface area contributed by atoms with Crippen molar-refractivity contribution in [1.82, 2.24) is 0 Å². The molecule has 0 aliphatic heterocycles. The molecule has 53 heavy (non-hydrogen) atoms. The number of aryl methyl sites for hydroxylation is 1. The minimum Gasteiger partial charge on any atom is -0.493 e. The van der Waals surface area contributed by atoms with E-state index in [-0.39, 0.29) is 36.1 Å². The lowest BCUT2D eigenvalue weighted by Gasteiger charge is -2.14. The van der Waals surface area contributed by atoms with Gasteiger partial charge in [-0.3, -0.25) is 0 Å². The number of benzene rings is 4. The Balaban J connectivity index is 0.000000357. The van der Waals surface area contributed by atoms with Crippen LogP contribution in [-0.2, 0) is 25.7 Å².